The Balaban J connectivity index is 1.54. The zero-order valence-corrected chi connectivity index (χ0v) is 21.2. The van der Waals surface area contributed by atoms with E-state index < -0.39 is 0 Å². The van der Waals surface area contributed by atoms with Gasteiger partial charge >= 0.3 is 0 Å². The summed E-state index contributed by atoms with van der Waals surface area (Å²) in [5.41, 5.74) is 2.47. The molecule has 0 aliphatic heterocycles. The van der Waals surface area contributed by atoms with Crippen molar-refractivity contribution in [1.82, 2.24) is 5.32 Å². The van der Waals surface area contributed by atoms with Gasteiger partial charge in [0.1, 0.15) is 10.8 Å². The number of carbonyl (C=O) groups excluding carboxylic acids is 2. The summed E-state index contributed by atoms with van der Waals surface area (Å²) in [6, 6.07) is 10.7. The lowest BCUT2D eigenvalue weighted by atomic mass is 9.72. The van der Waals surface area contributed by atoms with E-state index in [2.05, 4.69) is 36.7 Å². The highest BCUT2D eigenvalue weighted by Gasteiger charge is 2.34. The average Bonchev–Trinajstić information content (AvgIpc) is 3.41. The highest BCUT2D eigenvalue weighted by Crippen LogP contribution is 2.44. The molecule has 2 amide bonds. The SMILES string of the molecule is CC(C)(C)[C@@H]1CCc2c(sc(NC(=O)CNCc3ccco3)c2C(=O)Nc2ccc(Cl)cc2)C1. The molecule has 1 atom stereocenters. The third-order valence-corrected chi connectivity index (χ3v) is 7.66. The molecule has 0 unspecified atom stereocenters. The standard InChI is InChI=1S/C26H30ClN3O3S/c1-26(2,3)16-6-11-20-21(13-16)34-25(30-22(31)15-28-14-19-5-4-12-33-19)23(20)24(32)29-18-9-7-17(27)8-10-18/h4-5,7-10,12,16,28H,6,11,13-15H2,1-3H3,(H,29,32)(H,30,31)/t16-/m1/s1. The number of rotatable bonds is 7. The molecule has 2 aromatic heterocycles. The monoisotopic (exact) mass is 499 g/mol. The number of amides is 2. The Morgan fingerprint density at radius 1 is 1.15 bits per heavy atom. The van der Waals surface area contributed by atoms with Crippen LogP contribution in [-0.2, 0) is 24.2 Å². The first-order valence-corrected chi connectivity index (χ1v) is 12.6. The minimum absolute atomic E-state index is 0.117. The van der Waals surface area contributed by atoms with Gasteiger partial charge in [0.25, 0.3) is 5.91 Å². The van der Waals surface area contributed by atoms with Crippen LogP contribution in [0, 0.1) is 11.3 Å². The van der Waals surface area contributed by atoms with Crippen LogP contribution in [0.1, 0.15) is 53.8 Å². The van der Waals surface area contributed by atoms with Crippen molar-refractivity contribution in [3.8, 4) is 0 Å². The van der Waals surface area contributed by atoms with Crippen LogP contribution in [-0.4, -0.2) is 18.4 Å². The van der Waals surface area contributed by atoms with Crippen molar-refractivity contribution in [2.45, 2.75) is 46.6 Å². The van der Waals surface area contributed by atoms with Gasteiger partial charge in [0.2, 0.25) is 5.91 Å². The Hall–Kier alpha value is -2.61. The van der Waals surface area contributed by atoms with E-state index in [1.54, 1.807) is 30.5 Å². The van der Waals surface area contributed by atoms with Crippen LogP contribution in [0.15, 0.2) is 47.1 Å². The zero-order chi connectivity index (χ0) is 24.3. The normalized spacial score (nSPS) is 15.6. The second-order valence-corrected chi connectivity index (χ2v) is 11.2. The number of hydrogen-bond acceptors (Lipinski definition) is 5. The Morgan fingerprint density at radius 3 is 2.59 bits per heavy atom. The second kappa shape index (κ2) is 10.3. The van der Waals surface area contributed by atoms with E-state index in [0.717, 1.165) is 30.6 Å². The van der Waals surface area contributed by atoms with Gasteiger partial charge in [0.15, 0.2) is 0 Å². The quantitative estimate of drug-likeness (QED) is 0.365. The summed E-state index contributed by atoms with van der Waals surface area (Å²) < 4.78 is 5.29. The second-order valence-electron chi connectivity index (χ2n) is 9.71. The van der Waals surface area contributed by atoms with Crippen LogP contribution in [0.4, 0.5) is 10.7 Å². The van der Waals surface area contributed by atoms with Crippen LogP contribution >= 0.6 is 22.9 Å². The predicted octanol–water partition coefficient (Wildman–Crippen LogP) is 6.13. The van der Waals surface area contributed by atoms with Crippen molar-refractivity contribution in [2.24, 2.45) is 11.3 Å². The fraction of sp³-hybridized carbons (Fsp3) is 0.385. The molecule has 1 aromatic carbocycles. The number of anilines is 2. The fourth-order valence-electron chi connectivity index (χ4n) is 4.26. The smallest absolute Gasteiger partial charge is 0.258 e. The van der Waals surface area contributed by atoms with E-state index in [4.69, 9.17) is 16.0 Å². The number of thiophene rings is 1. The molecule has 180 valence electrons. The summed E-state index contributed by atoms with van der Waals surface area (Å²) in [5, 5.41) is 10.2. The molecule has 34 heavy (non-hydrogen) atoms. The Morgan fingerprint density at radius 2 is 1.91 bits per heavy atom. The molecule has 0 saturated heterocycles. The molecule has 0 saturated carbocycles. The molecule has 3 aromatic rings. The maximum absolute atomic E-state index is 13.4. The van der Waals surface area contributed by atoms with Crippen LogP contribution in [0.3, 0.4) is 0 Å². The van der Waals surface area contributed by atoms with Crippen molar-refractivity contribution in [1.29, 1.82) is 0 Å². The molecule has 0 fully saturated rings. The topological polar surface area (TPSA) is 83.4 Å². The third kappa shape index (κ3) is 5.90. The number of benzene rings is 1. The van der Waals surface area contributed by atoms with Gasteiger partial charge in [-0.25, -0.2) is 0 Å². The number of nitrogens with one attached hydrogen (secondary N) is 3. The number of hydrogen-bond donors (Lipinski definition) is 3. The highest BCUT2D eigenvalue weighted by molar-refractivity contribution is 7.17. The first-order valence-electron chi connectivity index (χ1n) is 11.4. The molecule has 3 N–H and O–H groups in total. The van der Waals surface area contributed by atoms with Crippen molar-refractivity contribution >= 4 is 45.4 Å². The van der Waals surface area contributed by atoms with Crippen LogP contribution in [0.25, 0.3) is 0 Å². The van der Waals surface area contributed by atoms with Crippen molar-refractivity contribution in [3.63, 3.8) is 0 Å². The Labute approximate surface area is 209 Å². The summed E-state index contributed by atoms with van der Waals surface area (Å²) >= 11 is 7.50. The zero-order valence-electron chi connectivity index (χ0n) is 19.7. The lowest BCUT2D eigenvalue weighted by Gasteiger charge is -2.33. The number of halogens is 1. The number of fused-ring (bicyclic) bond motifs is 1. The summed E-state index contributed by atoms with van der Waals surface area (Å²) in [6.07, 6.45) is 4.36. The molecular formula is C26H30ClN3O3S. The van der Waals surface area contributed by atoms with E-state index >= 15 is 0 Å². The van der Waals surface area contributed by atoms with E-state index in [0.29, 0.717) is 33.7 Å². The molecule has 8 heteroatoms. The Kier molecular flexibility index (Phi) is 7.45. The first kappa shape index (κ1) is 24.5. The van der Waals surface area contributed by atoms with Crippen LogP contribution in [0.5, 0.6) is 0 Å². The molecule has 1 aliphatic rings. The van der Waals surface area contributed by atoms with Gasteiger partial charge in [-0.2, -0.15) is 0 Å². The molecule has 0 spiro atoms. The van der Waals surface area contributed by atoms with E-state index in [9.17, 15) is 9.59 Å². The molecule has 1 aliphatic carbocycles. The summed E-state index contributed by atoms with van der Waals surface area (Å²) in [5.74, 6) is 0.880. The highest BCUT2D eigenvalue weighted by atomic mass is 35.5. The minimum Gasteiger partial charge on any atom is -0.468 e. The van der Waals surface area contributed by atoms with Gasteiger partial charge in [-0.05, 0) is 72.6 Å². The first-order chi connectivity index (χ1) is 16.2. The van der Waals surface area contributed by atoms with Gasteiger partial charge in [0.05, 0.1) is 24.9 Å². The van der Waals surface area contributed by atoms with Crippen molar-refractivity contribution in [3.05, 3.63) is 69.4 Å². The lowest BCUT2D eigenvalue weighted by Crippen LogP contribution is -2.28. The largest absolute Gasteiger partial charge is 0.468 e. The third-order valence-electron chi connectivity index (χ3n) is 6.24. The Bertz CT molecular complexity index is 1150. The van der Waals surface area contributed by atoms with Gasteiger partial charge in [-0.3, -0.25) is 9.59 Å². The fourth-order valence-corrected chi connectivity index (χ4v) is 5.73. The molecule has 0 radical (unpaired) electrons. The molecular weight excluding hydrogens is 470 g/mol. The predicted molar refractivity (Wildman–Crippen MR) is 138 cm³/mol. The van der Waals surface area contributed by atoms with Gasteiger partial charge in [-0.1, -0.05) is 32.4 Å². The van der Waals surface area contributed by atoms with Gasteiger partial charge in [-0.15, -0.1) is 11.3 Å². The minimum atomic E-state index is -0.215. The molecule has 2 heterocycles. The average molecular weight is 500 g/mol. The van der Waals surface area contributed by atoms with E-state index in [1.807, 2.05) is 12.1 Å². The summed E-state index contributed by atoms with van der Waals surface area (Å²) in [7, 11) is 0. The van der Waals surface area contributed by atoms with E-state index in [-0.39, 0.29) is 23.8 Å². The maximum Gasteiger partial charge on any atom is 0.258 e. The van der Waals surface area contributed by atoms with Gasteiger partial charge < -0.3 is 20.4 Å². The van der Waals surface area contributed by atoms with E-state index in [1.165, 1.54) is 16.2 Å². The van der Waals surface area contributed by atoms with Crippen molar-refractivity contribution < 1.29 is 14.0 Å². The maximum atomic E-state index is 13.4. The summed E-state index contributed by atoms with van der Waals surface area (Å²) in [4.78, 5) is 27.3. The molecule has 6 nitrogen and oxygen atoms in total. The van der Waals surface area contributed by atoms with Crippen LogP contribution < -0.4 is 16.0 Å². The van der Waals surface area contributed by atoms with Gasteiger partial charge in [0, 0.05) is 15.6 Å². The summed E-state index contributed by atoms with van der Waals surface area (Å²) in [6.45, 7) is 7.36. The number of furan rings is 1. The number of carbonyl (C=O) groups is 2. The van der Waals surface area contributed by atoms with Crippen molar-refractivity contribution in [2.75, 3.05) is 17.2 Å². The lowest BCUT2D eigenvalue weighted by molar-refractivity contribution is -0.115. The molecule has 0 bridgehead atoms. The van der Waals surface area contributed by atoms with Crippen LogP contribution in [0.2, 0.25) is 5.02 Å². The molecule has 4 rings (SSSR count).